The zero-order valence-corrected chi connectivity index (χ0v) is 16.0. The summed E-state index contributed by atoms with van der Waals surface area (Å²) in [5.41, 5.74) is 1.50. The van der Waals surface area contributed by atoms with E-state index in [2.05, 4.69) is 37.8 Å². The van der Waals surface area contributed by atoms with Crippen LogP contribution in [0.4, 0.5) is 0 Å². The summed E-state index contributed by atoms with van der Waals surface area (Å²) >= 11 is 0. The number of aromatic nitrogens is 3. The predicted molar refractivity (Wildman–Crippen MR) is 99.7 cm³/mol. The third-order valence-electron chi connectivity index (χ3n) is 4.48. The third kappa shape index (κ3) is 4.94. The molecule has 138 valence electrons. The van der Waals surface area contributed by atoms with E-state index < -0.39 is 0 Å². The van der Waals surface area contributed by atoms with Crippen LogP contribution in [-0.2, 0) is 11.2 Å². The molecule has 6 nitrogen and oxygen atoms in total. The summed E-state index contributed by atoms with van der Waals surface area (Å²) in [7, 11) is 0. The number of aromatic amines is 1. The number of H-pyrrole nitrogens is 1. The Morgan fingerprint density at radius 3 is 2.36 bits per heavy atom. The molecule has 0 unspecified atom stereocenters. The van der Waals surface area contributed by atoms with E-state index in [0.29, 0.717) is 28.7 Å². The number of carbonyl (C=O) groups is 1. The average molecular weight is 346 g/mol. The van der Waals surface area contributed by atoms with Gasteiger partial charge in [0.05, 0.1) is 6.42 Å². The lowest BCUT2D eigenvalue weighted by Crippen LogP contribution is -2.37. The van der Waals surface area contributed by atoms with Crippen LogP contribution >= 0.6 is 0 Å². The van der Waals surface area contributed by atoms with Gasteiger partial charge in [-0.05, 0) is 31.6 Å². The van der Waals surface area contributed by atoms with Crippen molar-refractivity contribution in [1.82, 2.24) is 19.5 Å². The van der Waals surface area contributed by atoms with Crippen molar-refractivity contribution in [1.29, 1.82) is 0 Å². The zero-order valence-electron chi connectivity index (χ0n) is 16.0. The minimum Gasteiger partial charge on any atom is -0.342 e. The third-order valence-corrected chi connectivity index (χ3v) is 4.48. The quantitative estimate of drug-likeness (QED) is 0.799. The molecule has 1 N–H and O–H groups in total. The molecular weight excluding hydrogens is 316 g/mol. The molecule has 0 fully saturated rings. The van der Waals surface area contributed by atoms with Crippen molar-refractivity contribution < 1.29 is 4.79 Å². The fraction of sp³-hybridized carbons (Fsp3) is 0.632. The van der Waals surface area contributed by atoms with Crippen molar-refractivity contribution in [3.05, 3.63) is 33.9 Å². The number of hydrogen-bond acceptors (Lipinski definition) is 3. The van der Waals surface area contributed by atoms with Crippen molar-refractivity contribution >= 4 is 11.6 Å². The van der Waals surface area contributed by atoms with Crippen LogP contribution in [0.25, 0.3) is 5.65 Å². The monoisotopic (exact) mass is 346 g/mol. The Kier molecular flexibility index (Phi) is 6.39. The first-order valence-electron chi connectivity index (χ1n) is 9.13. The maximum atomic E-state index is 12.9. The summed E-state index contributed by atoms with van der Waals surface area (Å²) in [6.45, 7) is 11.9. The molecular formula is C19H30N4O2. The van der Waals surface area contributed by atoms with Crippen LogP contribution < -0.4 is 5.56 Å². The highest BCUT2D eigenvalue weighted by molar-refractivity contribution is 5.79. The summed E-state index contributed by atoms with van der Waals surface area (Å²) in [5, 5.41) is 2.85. The number of aryl methyl sites for hydroxylation is 1. The largest absolute Gasteiger partial charge is 0.342 e. The van der Waals surface area contributed by atoms with E-state index >= 15 is 0 Å². The molecule has 2 rings (SSSR count). The highest BCUT2D eigenvalue weighted by atomic mass is 16.2. The van der Waals surface area contributed by atoms with Crippen molar-refractivity contribution in [2.75, 3.05) is 13.1 Å². The van der Waals surface area contributed by atoms with Crippen molar-refractivity contribution in [3.63, 3.8) is 0 Å². The molecule has 2 heterocycles. The number of hydrogen-bond donors (Lipinski definition) is 1. The van der Waals surface area contributed by atoms with Gasteiger partial charge in [-0.15, -0.1) is 0 Å². The van der Waals surface area contributed by atoms with Crippen molar-refractivity contribution in [3.8, 4) is 0 Å². The van der Waals surface area contributed by atoms with Crippen molar-refractivity contribution in [2.24, 2.45) is 11.8 Å². The normalized spacial score (nSPS) is 11.6. The van der Waals surface area contributed by atoms with Crippen LogP contribution in [0.3, 0.4) is 0 Å². The Labute approximate surface area is 149 Å². The Morgan fingerprint density at radius 2 is 1.80 bits per heavy atom. The lowest BCUT2D eigenvalue weighted by Gasteiger charge is -2.24. The Hall–Kier alpha value is -2.11. The van der Waals surface area contributed by atoms with Crippen molar-refractivity contribution in [2.45, 2.75) is 53.9 Å². The van der Waals surface area contributed by atoms with Gasteiger partial charge in [-0.25, -0.2) is 9.50 Å². The fourth-order valence-corrected chi connectivity index (χ4v) is 2.76. The van der Waals surface area contributed by atoms with Gasteiger partial charge < -0.3 is 4.90 Å². The summed E-state index contributed by atoms with van der Waals surface area (Å²) in [4.78, 5) is 31.8. The molecule has 0 aliphatic carbocycles. The van der Waals surface area contributed by atoms with Gasteiger partial charge in [0.1, 0.15) is 0 Å². The summed E-state index contributed by atoms with van der Waals surface area (Å²) in [6.07, 6.45) is 3.72. The number of carbonyl (C=O) groups excluding carboxylic acids is 1. The second-order valence-electron chi connectivity index (χ2n) is 7.56. The van der Waals surface area contributed by atoms with E-state index in [1.807, 2.05) is 4.90 Å². The van der Waals surface area contributed by atoms with Gasteiger partial charge >= 0.3 is 0 Å². The summed E-state index contributed by atoms with van der Waals surface area (Å²) in [6, 6.07) is 1.75. The smallest absolute Gasteiger partial charge is 0.276 e. The number of fused-ring (bicyclic) bond motifs is 1. The fourth-order valence-electron chi connectivity index (χ4n) is 2.76. The number of nitrogens with zero attached hydrogens (tertiary/aromatic N) is 3. The molecule has 0 bridgehead atoms. The zero-order chi connectivity index (χ0) is 18.6. The second kappa shape index (κ2) is 8.32. The molecule has 6 heteroatoms. The van der Waals surface area contributed by atoms with E-state index in [9.17, 15) is 9.59 Å². The minimum absolute atomic E-state index is 0.00908. The van der Waals surface area contributed by atoms with E-state index in [0.717, 1.165) is 25.9 Å². The van der Waals surface area contributed by atoms with E-state index in [4.69, 9.17) is 0 Å². The molecule has 0 atom stereocenters. The van der Waals surface area contributed by atoms with Crippen LogP contribution in [-0.4, -0.2) is 38.5 Å². The van der Waals surface area contributed by atoms with E-state index in [-0.39, 0.29) is 17.9 Å². The molecule has 0 spiro atoms. The van der Waals surface area contributed by atoms with Crippen LogP contribution in [0, 0.1) is 18.8 Å². The number of nitrogens with one attached hydrogen (secondary N) is 1. The van der Waals surface area contributed by atoms with Gasteiger partial charge in [0.15, 0.2) is 5.65 Å². The Balaban J connectivity index is 2.20. The summed E-state index contributed by atoms with van der Waals surface area (Å²) < 4.78 is 1.39. The van der Waals surface area contributed by atoms with Crippen LogP contribution in [0.15, 0.2) is 17.1 Å². The van der Waals surface area contributed by atoms with Crippen LogP contribution in [0.1, 0.15) is 51.8 Å². The van der Waals surface area contributed by atoms with Gasteiger partial charge in [0, 0.05) is 36.6 Å². The number of rotatable bonds is 8. The Morgan fingerprint density at radius 1 is 1.20 bits per heavy atom. The lowest BCUT2D eigenvalue weighted by molar-refractivity contribution is -0.130. The maximum Gasteiger partial charge on any atom is 0.276 e. The first-order valence-corrected chi connectivity index (χ1v) is 9.13. The molecule has 0 saturated carbocycles. The Bertz CT molecular complexity index is 761. The number of amides is 1. The van der Waals surface area contributed by atoms with Crippen LogP contribution in [0.5, 0.6) is 0 Å². The lowest BCUT2D eigenvalue weighted by atomic mass is 10.1. The molecule has 0 aromatic carbocycles. The van der Waals surface area contributed by atoms with Gasteiger partial charge in [-0.2, -0.15) is 0 Å². The highest BCUT2D eigenvalue weighted by Gasteiger charge is 2.19. The first-order chi connectivity index (χ1) is 11.8. The molecule has 25 heavy (non-hydrogen) atoms. The molecule has 1 amide bonds. The molecule has 0 aliphatic heterocycles. The van der Waals surface area contributed by atoms with Gasteiger partial charge in [-0.1, -0.05) is 27.7 Å². The molecule has 0 saturated heterocycles. The van der Waals surface area contributed by atoms with Crippen LogP contribution in [0.2, 0.25) is 0 Å². The summed E-state index contributed by atoms with van der Waals surface area (Å²) in [5.74, 6) is 1.09. The van der Waals surface area contributed by atoms with Gasteiger partial charge in [0.25, 0.3) is 5.56 Å². The minimum atomic E-state index is -0.187. The van der Waals surface area contributed by atoms with Gasteiger partial charge in [0.2, 0.25) is 5.91 Å². The molecule has 2 aromatic heterocycles. The molecule has 0 aliphatic rings. The average Bonchev–Trinajstić information content (AvgIpc) is 2.99. The standard InChI is InChI=1S/C19H30N4O2/c1-13(2)7-10-22(11-8-14(3)4)18(24)12-16-15(5)21-17-6-9-20-23(17)19(16)25/h6,9,13-14,20H,7-8,10-12H2,1-5H3. The maximum absolute atomic E-state index is 12.9. The van der Waals surface area contributed by atoms with E-state index in [1.54, 1.807) is 19.2 Å². The SMILES string of the molecule is Cc1nc2cc[nH]n2c(=O)c1CC(=O)N(CCC(C)C)CCC(C)C. The van der Waals surface area contributed by atoms with E-state index in [1.165, 1.54) is 4.52 Å². The second-order valence-corrected chi connectivity index (χ2v) is 7.56. The van der Waals surface area contributed by atoms with Gasteiger partial charge in [-0.3, -0.25) is 14.7 Å². The predicted octanol–water partition coefficient (Wildman–Crippen LogP) is 2.79. The molecule has 2 aromatic rings. The topological polar surface area (TPSA) is 70.5 Å². The highest BCUT2D eigenvalue weighted by Crippen LogP contribution is 2.10. The molecule has 0 radical (unpaired) electrons. The first kappa shape index (κ1) is 19.2.